The van der Waals surface area contributed by atoms with Crippen molar-refractivity contribution in [2.75, 3.05) is 13.7 Å². The van der Waals surface area contributed by atoms with Crippen LogP contribution in [0.1, 0.15) is 31.2 Å². The van der Waals surface area contributed by atoms with Gasteiger partial charge in [0, 0.05) is 17.3 Å². The Labute approximate surface area is 107 Å². The zero-order valence-electron chi connectivity index (χ0n) is 10.7. The Morgan fingerprint density at radius 3 is 2.72 bits per heavy atom. The molecule has 0 aliphatic heterocycles. The molecule has 0 atom stereocenters. The molecule has 96 valence electrons. The van der Waals surface area contributed by atoms with Crippen LogP contribution in [0.2, 0.25) is 0 Å². The summed E-state index contributed by atoms with van der Waals surface area (Å²) in [4.78, 5) is 0. The van der Waals surface area contributed by atoms with E-state index in [0.717, 1.165) is 16.7 Å². The lowest BCUT2D eigenvalue weighted by Gasteiger charge is -2.28. The average Bonchev–Trinajstić information content (AvgIpc) is 3.07. The van der Waals surface area contributed by atoms with Crippen molar-refractivity contribution in [3.05, 3.63) is 30.0 Å². The summed E-state index contributed by atoms with van der Waals surface area (Å²) >= 11 is 0. The third-order valence-electron chi connectivity index (χ3n) is 4.32. The number of hydrogen-bond acceptors (Lipinski definition) is 3. The van der Waals surface area contributed by atoms with Crippen LogP contribution in [-0.4, -0.2) is 13.7 Å². The summed E-state index contributed by atoms with van der Waals surface area (Å²) in [5.74, 6) is 0.795. The van der Waals surface area contributed by atoms with Crippen LogP contribution in [-0.2, 0) is 5.41 Å². The Hall–Kier alpha value is -1.48. The largest absolute Gasteiger partial charge is 0.493 e. The van der Waals surface area contributed by atoms with Gasteiger partial charge in [-0.05, 0) is 30.5 Å². The highest BCUT2D eigenvalue weighted by molar-refractivity contribution is 5.87. The van der Waals surface area contributed by atoms with Gasteiger partial charge in [0.1, 0.15) is 0 Å². The summed E-state index contributed by atoms with van der Waals surface area (Å²) in [6.07, 6.45) is 6.62. The van der Waals surface area contributed by atoms with Gasteiger partial charge in [0.2, 0.25) is 0 Å². The van der Waals surface area contributed by atoms with E-state index in [1.165, 1.54) is 31.2 Å². The second-order valence-corrected chi connectivity index (χ2v) is 5.17. The minimum Gasteiger partial charge on any atom is -0.493 e. The van der Waals surface area contributed by atoms with E-state index >= 15 is 0 Å². The molecule has 1 aromatic carbocycles. The standard InChI is InChI=1S/C15H19NO2/c1-17-13-5-4-12(11-6-9-18-14(11)13)15(10-16)7-2-3-8-15/h4-6,9H,2-3,7-8,10,16H2,1H3. The number of hydrogen-bond donors (Lipinski definition) is 1. The van der Waals surface area contributed by atoms with Gasteiger partial charge in [0.05, 0.1) is 13.4 Å². The zero-order chi connectivity index (χ0) is 12.6. The molecule has 0 spiro atoms. The molecule has 2 aromatic rings. The van der Waals surface area contributed by atoms with Crippen molar-refractivity contribution < 1.29 is 9.15 Å². The fraction of sp³-hybridized carbons (Fsp3) is 0.467. The summed E-state index contributed by atoms with van der Waals surface area (Å²) in [5, 5.41) is 1.15. The van der Waals surface area contributed by atoms with Crippen molar-refractivity contribution in [1.29, 1.82) is 0 Å². The van der Waals surface area contributed by atoms with Crippen molar-refractivity contribution >= 4 is 11.0 Å². The minimum absolute atomic E-state index is 0.133. The van der Waals surface area contributed by atoms with Crippen LogP contribution >= 0.6 is 0 Å². The van der Waals surface area contributed by atoms with Crippen LogP contribution in [0.5, 0.6) is 5.75 Å². The maximum absolute atomic E-state index is 6.07. The van der Waals surface area contributed by atoms with Crippen molar-refractivity contribution in [3.63, 3.8) is 0 Å². The lowest BCUT2D eigenvalue weighted by Crippen LogP contribution is -2.32. The van der Waals surface area contributed by atoms with E-state index in [1.54, 1.807) is 13.4 Å². The number of rotatable bonds is 3. The van der Waals surface area contributed by atoms with Gasteiger partial charge in [0.25, 0.3) is 0 Å². The first-order valence-electron chi connectivity index (χ1n) is 6.55. The molecule has 0 amide bonds. The number of furan rings is 1. The Morgan fingerprint density at radius 1 is 1.28 bits per heavy atom. The van der Waals surface area contributed by atoms with E-state index in [9.17, 15) is 0 Å². The molecule has 0 bridgehead atoms. The highest BCUT2D eigenvalue weighted by Gasteiger charge is 2.36. The lowest BCUT2D eigenvalue weighted by molar-refractivity contribution is 0.408. The third-order valence-corrected chi connectivity index (χ3v) is 4.32. The average molecular weight is 245 g/mol. The van der Waals surface area contributed by atoms with Crippen LogP contribution in [0.4, 0.5) is 0 Å². The molecule has 3 nitrogen and oxygen atoms in total. The van der Waals surface area contributed by atoms with E-state index < -0.39 is 0 Å². The summed E-state index contributed by atoms with van der Waals surface area (Å²) in [6.45, 7) is 0.708. The van der Waals surface area contributed by atoms with E-state index in [4.69, 9.17) is 14.9 Å². The molecule has 1 aliphatic carbocycles. The Balaban J connectivity index is 2.20. The van der Waals surface area contributed by atoms with Crippen molar-refractivity contribution in [3.8, 4) is 5.75 Å². The monoisotopic (exact) mass is 245 g/mol. The van der Waals surface area contributed by atoms with Crippen LogP contribution in [0.3, 0.4) is 0 Å². The Bertz CT molecular complexity index is 553. The number of methoxy groups -OCH3 is 1. The van der Waals surface area contributed by atoms with Crippen LogP contribution in [0.25, 0.3) is 11.0 Å². The molecular weight excluding hydrogens is 226 g/mol. The predicted molar refractivity (Wildman–Crippen MR) is 72.0 cm³/mol. The second-order valence-electron chi connectivity index (χ2n) is 5.17. The number of ether oxygens (including phenoxy) is 1. The molecule has 0 radical (unpaired) electrons. The van der Waals surface area contributed by atoms with Gasteiger partial charge in [-0.1, -0.05) is 18.9 Å². The van der Waals surface area contributed by atoms with Gasteiger partial charge in [0.15, 0.2) is 11.3 Å². The van der Waals surface area contributed by atoms with E-state index in [1.807, 2.05) is 12.1 Å². The third kappa shape index (κ3) is 1.54. The zero-order valence-corrected chi connectivity index (χ0v) is 10.7. The minimum atomic E-state index is 0.133. The van der Waals surface area contributed by atoms with Gasteiger partial charge in [-0.15, -0.1) is 0 Å². The van der Waals surface area contributed by atoms with Crippen molar-refractivity contribution in [2.45, 2.75) is 31.1 Å². The highest BCUT2D eigenvalue weighted by Crippen LogP contribution is 2.44. The number of fused-ring (bicyclic) bond motifs is 1. The first-order valence-corrected chi connectivity index (χ1v) is 6.55. The molecule has 1 aliphatic rings. The number of nitrogens with two attached hydrogens (primary N) is 1. The molecule has 1 heterocycles. The van der Waals surface area contributed by atoms with E-state index in [0.29, 0.717) is 6.54 Å². The Morgan fingerprint density at radius 2 is 2.06 bits per heavy atom. The van der Waals surface area contributed by atoms with Gasteiger partial charge in [-0.3, -0.25) is 0 Å². The molecular formula is C15H19NO2. The van der Waals surface area contributed by atoms with E-state index in [-0.39, 0.29) is 5.41 Å². The molecule has 0 saturated heterocycles. The van der Waals surface area contributed by atoms with Crippen LogP contribution in [0.15, 0.2) is 28.9 Å². The maximum Gasteiger partial charge on any atom is 0.175 e. The van der Waals surface area contributed by atoms with Gasteiger partial charge >= 0.3 is 0 Å². The normalized spacial score (nSPS) is 18.3. The summed E-state index contributed by atoms with van der Waals surface area (Å²) in [5.41, 5.74) is 8.37. The molecule has 0 unspecified atom stereocenters. The predicted octanol–water partition coefficient (Wildman–Crippen LogP) is 3.21. The number of benzene rings is 1. The first-order chi connectivity index (χ1) is 8.80. The topological polar surface area (TPSA) is 48.4 Å². The molecule has 1 saturated carbocycles. The molecule has 18 heavy (non-hydrogen) atoms. The molecule has 2 N–H and O–H groups in total. The summed E-state index contributed by atoms with van der Waals surface area (Å²) in [6, 6.07) is 6.19. The second kappa shape index (κ2) is 4.32. The smallest absolute Gasteiger partial charge is 0.175 e. The molecule has 1 aromatic heterocycles. The van der Waals surface area contributed by atoms with Crippen LogP contribution in [0, 0.1) is 0 Å². The SMILES string of the molecule is COc1ccc(C2(CN)CCCC2)c2ccoc12. The fourth-order valence-electron chi connectivity index (χ4n) is 3.30. The lowest BCUT2D eigenvalue weighted by atomic mass is 9.77. The molecule has 3 heteroatoms. The van der Waals surface area contributed by atoms with Crippen molar-refractivity contribution in [1.82, 2.24) is 0 Å². The Kier molecular flexibility index (Phi) is 2.78. The summed E-state index contributed by atoms with van der Waals surface area (Å²) in [7, 11) is 1.67. The van der Waals surface area contributed by atoms with Crippen LogP contribution < -0.4 is 10.5 Å². The quantitative estimate of drug-likeness (QED) is 0.903. The van der Waals surface area contributed by atoms with Gasteiger partial charge in [-0.2, -0.15) is 0 Å². The summed E-state index contributed by atoms with van der Waals surface area (Å²) < 4.78 is 10.9. The molecule has 1 fully saturated rings. The highest BCUT2D eigenvalue weighted by atomic mass is 16.5. The maximum atomic E-state index is 6.07. The van der Waals surface area contributed by atoms with E-state index in [2.05, 4.69) is 6.07 Å². The van der Waals surface area contributed by atoms with Gasteiger partial charge in [-0.25, -0.2) is 0 Å². The first kappa shape index (κ1) is 11.6. The fourth-order valence-corrected chi connectivity index (χ4v) is 3.30. The molecule has 3 rings (SSSR count). The van der Waals surface area contributed by atoms with Crippen molar-refractivity contribution in [2.24, 2.45) is 5.73 Å². The van der Waals surface area contributed by atoms with Gasteiger partial charge < -0.3 is 14.9 Å².